The third kappa shape index (κ3) is 11.3. The van der Waals surface area contributed by atoms with Gasteiger partial charge in [0.15, 0.2) is 0 Å². The number of para-hydroxylation sites is 2. The zero-order valence-electron chi connectivity index (χ0n) is 35.9. The van der Waals surface area contributed by atoms with E-state index < -0.39 is 11.2 Å². The first-order valence-electron chi connectivity index (χ1n) is 21.0. The van der Waals surface area contributed by atoms with E-state index in [2.05, 4.69) is 73.2 Å². The molecule has 4 aromatic heterocycles. The fourth-order valence-electron chi connectivity index (χ4n) is 7.24. The molecule has 10 rings (SSSR count). The molecule has 2 aliphatic rings. The smallest absolute Gasteiger partial charge is 0.327 e. The van der Waals surface area contributed by atoms with Crippen molar-refractivity contribution in [3.8, 4) is 45.5 Å². The number of rotatable bonds is 11. The second-order valence-electron chi connectivity index (χ2n) is 15.0. The number of aliphatic carboxylic acids is 1. The highest BCUT2D eigenvalue weighted by Gasteiger charge is 2.32. The third-order valence-corrected chi connectivity index (χ3v) is 10.9. The van der Waals surface area contributed by atoms with Gasteiger partial charge in [-0.05, 0) is 128 Å². The van der Waals surface area contributed by atoms with Gasteiger partial charge in [-0.2, -0.15) is 0 Å². The summed E-state index contributed by atoms with van der Waals surface area (Å²) in [4.78, 5) is 50.3. The van der Waals surface area contributed by atoms with Gasteiger partial charge in [0, 0.05) is 48.7 Å². The van der Waals surface area contributed by atoms with E-state index in [0.717, 1.165) is 79.7 Å². The number of allylic oxidation sites excluding steroid dienone is 1. The fraction of sp³-hybridized carbons (Fsp3) is 0.135. The Labute approximate surface area is 386 Å². The van der Waals surface area contributed by atoms with Gasteiger partial charge in [-0.15, -0.1) is 0 Å². The molecular weight excluding hydrogens is 854 g/mol. The topological polar surface area (TPSA) is 155 Å². The normalized spacial score (nSPS) is 12.9. The van der Waals surface area contributed by atoms with Gasteiger partial charge in [0.05, 0.1) is 39.5 Å². The summed E-state index contributed by atoms with van der Waals surface area (Å²) in [7, 11) is 0. The monoisotopic (exact) mass is 899 g/mol. The Morgan fingerprint density at radius 1 is 0.576 bits per heavy atom. The number of hydrogen-bond acceptors (Lipinski definition) is 9. The van der Waals surface area contributed by atoms with E-state index in [1.807, 2.05) is 109 Å². The lowest BCUT2D eigenvalue weighted by molar-refractivity contribution is -0.132. The average Bonchev–Trinajstić information content (AvgIpc) is 3.95. The number of amides is 1. The molecule has 14 heteroatoms. The van der Waals surface area contributed by atoms with Gasteiger partial charge in [-0.1, -0.05) is 56.1 Å². The lowest BCUT2D eigenvalue weighted by atomic mass is 9.93. The molecule has 1 amide bonds. The number of halogens is 1. The van der Waals surface area contributed by atoms with Gasteiger partial charge >= 0.3 is 5.97 Å². The standard InChI is InChI=1S/C24H20N4O2.C22H19N3O.C3H3ClO.C3H4O2/c1-2-22(29)27-14-18(15-27)28-13-12-21-24(28)23(26-16-25-21)17-8-10-20(11-9-17)30-19-6-4-3-5-7-19;1-2-7-18(8-3-1)26-19-11-9-16(10-12-19)21-22-20(23-15-24-21)13-14-25(22)17-5-4-6-17;2*1-2-3(4)5/h2-13,16,18H,1,14-15H2;1-3,7-15,17H,4-6H2;2H,1H2;2H,1H2,(H,4,5). The molecule has 13 nitrogen and oxygen atoms in total. The van der Waals surface area contributed by atoms with Crippen molar-refractivity contribution in [2.24, 2.45) is 0 Å². The largest absolute Gasteiger partial charge is 0.478 e. The van der Waals surface area contributed by atoms with E-state index >= 15 is 0 Å². The number of nitrogens with zero attached hydrogens (tertiary/aromatic N) is 7. The summed E-state index contributed by atoms with van der Waals surface area (Å²) in [5.41, 5.74) is 7.92. The van der Waals surface area contributed by atoms with Crippen LogP contribution in [0.15, 0.2) is 184 Å². The first kappa shape index (κ1) is 45.9. The summed E-state index contributed by atoms with van der Waals surface area (Å²) >= 11 is 4.71. The van der Waals surface area contributed by atoms with E-state index in [1.165, 1.54) is 25.3 Å². The van der Waals surface area contributed by atoms with Crippen LogP contribution in [0.3, 0.4) is 0 Å². The highest BCUT2D eigenvalue weighted by Crippen LogP contribution is 2.38. The van der Waals surface area contributed by atoms with E-state index in [-0.39, 0.29) is 11.9 Å². The Bertz CT molecular complexity index is 2930. The number of carboxylic acid groups (broad SMARTS) is 1. The van der Waals surface area contributed by atoms with Gasteiger partial charge in [0.1, 0.15) is 35.7 Å². The van der Waals surface area contributed by atoms with E-state index in [9.17, 15) is 14.4 Å². The second-order valence-corrected chi connectivity index (χ2v) is 15.3. The Morgan fingerprint density at radius 3 is 1.35 bits per heavy atom. The molecule has 66 heavy (non-hydrogen) atoms. The van der Waals surface area contributed by atoms with Crippen LogP contribution in [-0.2, 0) is 14.4 Å². The molecule has 5 heterocycles. The summed E-state index contributed by atoms with van der Waals surface area (Å²) < 4.78 is 16.3. The van der Waals surface area contributed by atoms with Crippen LogP contribution in [0.25, 0.3) is 44.6 Å². The highest BCUT2D eigenvalue weighted by molar-refractivity contribution is 6.66. The van der Waals surface area contributed by atoms with Gasteiger partial charge in [0.2, 0.25) is 11.1 Å². The van der Waals surface area contributed by atoms with Crippen molar-refractivity contribution in [1.29, 1.82) is 0 Å². The van der Waals surface area contributed by atoms with Gasteiger partial charge in [0.25, 0.3) is 0 Å². The lowest BCUT2D eigenvalue weighted by Crippen LogP contribution is -2.49. The predicted molar refractivity (Wildman–Crippen MR) is 257 cm³/mol. The van der Waals surface area contributed by atoms with Crippen molar-refractivity contribution in [2.75, 3.05) is 13.1 Å². The number of carbonyl (C=O) groups is 3. The predicted octanol–water partition coefficient (Wildman–Crippen LogP) is 11.3. The van der Waals surface area contributed by atoms with E-state index in [0.29, 0.717) is 19.1 Å². The summed E-state index contributed by atoms with van der Waals surface area (Å²) in [6, 6.07) is 40.4. The number of likely N-dealkylation sites (tertiary alicyclic amines) is 1. The Hall–Kier alpha value is -8.16. The zero-order chi connectivity index (χ0) is 46.4. The van der Waals surface area contributed by atoms with Crippen LogP contribution in [0.1, 0.15) is 31.3 Å². The van der Waals surface area contributed by atoms with Crippen molar-refractivity contribution in [3.63, 3.8) is 0 Å². The number of carboxylic acids is 1. The molecular formula is C52H46ClN7O6. The molecule has 2 fully saturated rings. The number of benzene rings is 4. The van der Waals surface area contributed by atoms with E-state index in [4.69, 9.17) is 26.2 Å². The minimum atomic E-state index is -0.981. The molecule has 1 saturated carbocycles. The maximum Gasteiger partial charge on any atom is 0.327 e. The molecule has 1 N–H and O–H groups in total. The minimum Gasteiger partial charge on any atom is -0.478 e. The van der Waals surface area contributed by atoms with Crippen LogP contribution in [0.5, 0.6) is 23.0 Å². The van der Waals surface area contributed by atoms with Gasteiger partial charge in [-0.25, -0.2) is 24.7 Å². The van der Waals surface area contributed by atoms with Crippen molar-refractivity contribution >= 4 is 50.8 Å². The Morgan fingerprint density at radius 2 is 0.985 bits per heavy atom. The summed E-state index contributed by atoms with van der Waals surface area (Å²) in [5, 5.41) is 7.09. The SMILES string of the molecule is C=CC(=O)Cl.C=CC(=O)N1CC(n2ccc3ncnc(-c4ccc(Oc5ccccc5)cc4)c32)C1.C=CC(=O)O.c1ccc(Oc2ccc(-c3ncnc4ccn(C5CCC5)c34)cc2)cc1. The summed E-state index contributed by atoms with van der Waals surface area (Å²) in [6.07, 6.45) is 14.4. The molecule has 0 radical (unpaired) electrons. The van der Waals surface area contributed by atoms with Crippen molar-refractivity contribution in [3.05, 3.63) is 184 Å². The Balaban J connectivity index is 0.000000164. The molecule has 1 aliphatic heterocycles. The van der Waals surface area contributed by atoms with Crippen LogP contribution in [-0.4, -0.2) is 69.3 Å². The molecule has 332 valence electrons. The highest BCUT2D eigenvalue weighted by atomic mass is 35.5. The van der Waals surface area contributed by atoms with Crippen LogP contribution < -0.4 is 9.47 Å². The maximum absolute atomic E-state index is 11.8. The van der Waals surface area contributed by atoms with Gasteiger partial charge < -0.3 is 28.6 Å². The molecule has 0 bridgehead atoms. The molecule has 1 aliphatic carbocycles. The third-order valence-electron chi connectivity index (χ3n) is 10.8. The summed E-state index contributed by atoms with van der Waals surface area (Å²) in [5.74, 6) is 2.21. The van der Waals surface area contributed by atoms with Crippen LogP contribution >= 0.6 is 11.6 Å². The number of aromatic nitrogens is 6. The molecule has 4 aromatic carbocycles. The van der Waals surface area contributed by atoms with Crippen molar-refractivity contribution in [2.45, 2.75) is 31.3 Å². The van der Waals surface area contributed by atoms with Crippen LogP contribution in [0.4, 0.5) is 0 Å². The molecule has 1 saturated heterocycles. The number of ether oxygens (including phenoxy) is 2. The number of fused-ring (bicyclic) bond motifs is 2. The van der Waals surface area contributed by atoms with E-state index in [1.54, 1.807) is 17.6 Å². The minimum absolute atomic E-state index is 0.0341. The van der Waals surface area contributed by atoms with Crippen LogP contribution in [0, 0.1) is 0 Å². The molecule has 0 atom stereocenters. The molecule has 8 aromatic rings. The first-order chi connectivity index (χ1) is 32.1. The Kier molecular flexibility index (Phi) is 15.3. The average molecular weight is 900 g/mol. The number of carbonyl (C=O) groups excluding carboxylic acids is 2. The quantitative estimate of drug-likeness (QED) is 0.0979. The summed E-state index contributed by atoms with van der Waals surface area (Å²) in [6.45, 7) is 10.9. The van der Waals surface area contributed by atoms with Crippen molar-refractivity contribution < 1.29 is 29.0 Å². The van der Waals surface area contributed by atoms with Crippen molar-refractivity contribution in [1.82, 2.24) is 34.0 Å². The lowest BCUT2D eigenvalue weighted by Gasteiger charge is -2.39. The first-order valence-corrected chi connectivity index (χ1v) is 21.4. The van der Waals surface area contributed by atoms with Crippen LogP contribution in [0.2, 0.25) is 0 Å². The zero-order valence-corrected chi connectivity index (χ0v) is 36.7. The second kappa shape index (κ2) is 22.0. The fourth-order valence-corrected chi connectivity index (χ4v) is 7.24. The van der Waals surface area contributed by atoms with Gasteiger partial charge in [-0.3, -0.25) is 9.59 Å². The maximum atomic E-state index is 11.8. The number of hydrogen-bond donors (Lipinski definition) is 1. The molecule has 0 unspecified atom stereocenters. The molecule has 0 spiro atoms.